The number of aryl methyl sites for hydroxylation is 3. The Labute approximate surface area is 217 Å². The first-order valence-corrected chi connectivity index (χ1v) is 11.5. The molecule has 1 heteroatoms. The maximum atomic E-state index is 3.72. The van der Waals surface area contributed by atoms with Gasteiger partial charge in [-0.1, -0.05) is 57.2 Å². The monoisotopic (exact) mass is 468 g/mol. The minimum Gasteiger partial charge on any atom is -0.207 e. The Morgan fingerprint density at radius 2 is 1.03 bits per heavy atom. The van der Waals surface area contributed by atoms with Gasteiger partial charge in [-0.25, -0.2) is 6.07 Å². The van der Waals surface area contributed by atoms with E-state index in [1.807, 2.05) is 91.0 Å². The van der Waals surface area contributed by atoms with Crippen molar-refractivity contribution in [1.82, 2.24) is 0 Å². The Kier molecular flexibility index (Phi) is 14.5. The van der Waals surface area contributed by atoms with E-state index in [2.05, 4.69) is 39.8 Å². The summed E-state index contributed by atoms with van der Waals surface area (Å²) in [5, 5.41) is 0. The molecule has 0 atom stereocenters. The molecule has 0 saturated carbocycles. The van der Waals surface area contributed by atoms with Gasteiger partial charge in [0.1, 0.15) is 0 Å². The van der Waals surface area contributed by atoms with Crippen LogP contribution in [0.25, 0.3) is 0 Å². The molecule has 4 aromatic rings. The number of hydrogen-bond donors (Lipinski definition) is 0. The Balaban J connectivity index is 0.000000223. The van der Waals surface area contributed by atoms with Crippen LogP contribution in [0.4, 0.5) is 0 Å². The molecule has 0 fully saturated rings. The Bertz CT molecular complexity index is 856. The first-order chi connectivity index (χ1) is 15.6. The molecule has 33 heavy (non-hydrogen) atoms. The van der Waals surface area contributed by atoms with Crippen LogP contribution in [0.5, 0.6) is 0 Å². The average molecular weight is 469 g/mol. The Morgan fingerprint density at radius 1 is 0.636 bits per heavy atom. The molecule has 1 aliphatic carbocycles. The molecule has 0 spiro atoms. The van der Waals surface area contributed by atoms with Crippen LogP contribution in [0.1, 0.15) is 53.1 Å². The van der Waals surface area contributed by atoms with E-state index in [0.717, 1.165) is 16.7 Å². The zero-order valence-electron chi connectivity index (χ0n) is 20.0. The molecule has 0 aliphatic heterocycles. The SMILES string of the molecule is CCc1cc2c([cH-]1)CCCC2.[CH2-]c1ccccc1.[CH2-]c1ccccc1.[CH2-]c1ccccc1.[Ti+4]. The van der Waals surface area contributed by atoms with Crippen molar-refractivity contribution < 1.29 is 21.7 Å². The summed E-state index contributed by atoms with van der Waals surface area (Å²) >= 11 is 0. The molecule has 1 aliphatic rings. The summed E-state index contributed by atoms with van der Waals surface area (Å²) in [6.45, 7) is 13.4. The van der Waals surface area contributed by atoms with Gasteiger partial charge in [-0.05, 0) is 0 Å². The van der Waals surface area contributed by atoms with Crippen molar-refractivity contribution in [3.05, 3.63) is 157 Å². The fraction of sp³-hybridized carbons (Fsp3) is 0.188. The van der Waals surface area contributed by atoms with Crippen molar-refractivity contribution in [2.75, 3.05) is 0 Å². The van der Waals surface area contributed by atoms with Crippen molar-refractivity contribution in [3.63, 3.8) is 0 Å². The van der Waals surface area contributed by atoms with E-state index in [1.54, 1.807) is 11.1 Å². The third kappa shape index (κ3) is 12.2. The number of hydrogen-bond acceptors (Lipinski definition) is 0. The zero-order chi connectivity index (χ0) is 23.0. The molecule has 0 N–H and O–H groups in total. The van der Waals surface area contributed by atoms with Crippen molar-refractivity contribution in [2.45, 2.75) is 39.0 Å². The molecule has 0 amide bonds. The van der Waals surface area contributed by atoms with Gasteiger partial charge in [0.25, 0.3) is 0 Å². The van der Waals surface area contributed by atoms with Crippen molar-refractivity contribution in [2.24, 2.45) is 0 Å². The number of benzene rings is 3. The van der Waals surface area contributed by atoms with Crippen LogP contribution in [0.2, 0.25) is 0 Å². The Morgan fingerprint density at radius 3 is 1.33 bits per heavy atom. The molecule has 0 heterocycles. The summed E-state index contributed by atoms with van der Waals surface area (Å²) < 4.78 is 0. The van der Waals surface area contributed by atoms with Crippen LogP contribution in [-0.4, -0.2) is 0 Å². The average Bonchev–Trinajstić information content (AvgIpc) is 3.26. The van der Waals surface area contributed by atoms with Crippen molar-refractivity contribution in [3.8, 4) is 0 Å². The predicted octanol–water partition coefficient (Wildman–Crippen LogP) is 8.45. The first kappa shape index (κ1) is 28.4. The molecule has 0 bridgehead atoms. The topological polar surface area (TPSA) is 0 Å². The van der Waals surface area contributed by atoms with Crippen molar-refractivity contribution >= 4 is 0 Å². The molecule has 0 nitrogen and oxygen atoms in total. The maximum absolute atomic E-state index is 3.72. The maximum Gasteiger partial charge on any atom is 4.00 e. The van der Waals surface area contributed by atoms with Crippen molar-refractivity contribution in [1.29, 1.82) is 0 Å². The summed E-state index contributed by atoms with van der Waals surface area (Å²) in [7, 11) is 0. The molecule has 4 aromatic carbocycles. The first-order valence-electron chi connectivity index (χ1n) is 11.5. The van der Waals surface area contributed by atoms with Crippen LogP contribution >= 0.6 is 0 Å². The van der Waals surface area contributed by atoms with Gasteiger partial charge >= 0.3 is 21.7 Å². The zero-order valence-corrected chi connectivity index (χ0v) is 21.5. The second-order valence-electron chi connectivity index (χ2n) is 7.93. The molecular formula is C32H36Ti. The molecule has 5 rings (SSSR count). The van der Waals surface area contributed by atoms with E-state index >= 15 is 0 Å². The van der Waals surface area contributed by atoms with Gasteiger partial charge in [0, 0.05) is 0 Å². The normalized spacial score (nSPS) is 10.9. The van der Waals surface area contributed by atoms with Gasteiger partial charge in [-0.3, -0.25) is 0 Å². The third-order valence-electron chi connectivity index (χ3n) is 5.21. The summed E-state index contributed by atoms with van der Waals surface area (Å²) in [6.07, 6.45) is 6.66. The van der Waals surface area contributed by atoms with Crippen LogP contribution in [0.3, 0.4) is 0 Å². The van der Waals surface area contributed by atoms with Crippen LogP contribution in [0, 0.1) is 20.8 Å². The Hall–Kier alpha value is -2.67. The van der Waals surface area contributed by atoms with Crippen LogP contribution in [-0.2, 0) is 41.0 Å². The summed E-state index contributed by atoms with van der Waals surface area (Å²) in [6, 6.07) is 34.4. The van der Waals surface area contributed by atoms with E-state index in [1.165, 1.54) is 37.7 Å². The van der Waals surface area contributed by atoms with E-state index in [4.69, 9.17) is 0 Å². The smallest absolute Gasteiger partial charge is 0.207 e. The standard InChI is InChI=1S/C11H15.3C7H7.Ti/c1-2-9-7-10-5-3-4-6-11(10)8-9;3*1-7-5-3-2-4-6-7;/h7-8H,2-6H2,1H3;3*2-6H,1H2;/q4*-1;+4. The van der Waals surface area contributed by atoms with Gasteiger partial charge in [0.2, 0.25) is 0 Å². The second-order valence-corrected chi connectivity index (χ2v) is 7.93. The number of rotatable bonds is 1. The van der Waals surface area contributed by atoms with Gasteiger partial charge < -0.3 is 0 Å². The van der Waals surface area contributed by atoms with E-state index in [9.17, 15) is 0 Å². The van der Waals surface area contributed by atoms with Gasteiger partial charge in [-0.2, -0.15) is 96.6 Å². The van der Waals surface area contributed by atoms with Gasteiger partial charge in [0.15, 0.2) is 0 Å². The minimum absolute atomic E-state index is 0. The fourth-order valence-electron chi connectivity index (χ4n) is 3.41. The molecule has 0 aromatic heterocycles. The third-order valence-corrected chi connectivity index (χ3v) is 5.21. The fourth-order valence-corrected chi connectivity index (χ4v) is 3.41. The summed E-state index contributed by atoms with van der Waals surface area (Å²) in [5.41, 5.74) is 8.02. The summed E-state index contributed by atoms with van der Waals surface area (Å²) in [5.74, 6) is 0. The van der Waals surface area contributed by atoms with Crippen LogP contribution < -0.4 is 0 Å². The second kappa shape index (κ2) is 16.9. The number of fused-ring (bicyclic) bond motifs is 1. The predicted molar refractivity (Wildman–Crippen MR) is 141 cm³/mol. The quantitative estimate of drug-likeness (QED) is 0.194. The molecule has 0 unspecified atom stereocenters. The van der Waals surface area contributed by atoms with Gasteiger partial charge in [0.05, 0.1) is 0 Å². The van der Waals surface area contributed by atoms with Gasteiger partial charge in [-0.15, -0.1) is 36.4 Å². The molecule has 0 radical (unpaired) electrons. The summed E-state index contributed by atoms with van der Waals surface area (Å²) in [4.78, 5) is 0. The van der Waals surface area contributed by atoms with E-state index < -0.39 is 0 Å². The molecule has 168 valence electrons. The molecular weight excluding hydrogens is 432 g/mol. The molecule has 0 saturated heterocycles. The van der Waals surface area contributed by atoms with Crippen LogP contribution in [0.15, 0.2) is 103 Å². The van der Waals surface area contributed by atoms with E-state index in [0.29, 0.717) is 0 Å². The minimum atomic E-state index is 0. The van der Waals surface area contributed by atoms with E-state index in [-0.39, 0.29) is 21.7 Å². The largest absolute Gasteiger partial charge is 4.00 e.